The number of furan rings is 1. The van der Waals surface area contributed by atoms with E-state index in [4.69, 9.17) is 9.41 Å². The van der Waals surface area contributed by atoms with Gasteiger partial charge in [0.15, 0.2) is 5.96 Å². The predicted octanol–water partition coefficient (Wildman–Crippen LogP) is 3.02. The number of aliphatic imine (C=N–C) groups is 1. The lowest BCUT2D eigenvalue weighted by molar-refractivity contribution is 0.510. The van der Waals surface area contributed by atoms with Crippen molar-refractivity contribution in [1.29, 1.82) is 0 Å². The molecular formula is C17H25N3O. The number of nitrogens with zero attached hydrogens (tertiary/aromatic N) is 1. The largest absolute Gasteiger partial charge is 0.469 e. The number of hydrogen-bond acceptors (Lipinski definition) is 2. The molecule has 1 saturated carbocycles. The summed E-state index contributed by atoms with van der Waals surface area (Å²) in [6.45, 7) is 0.760. The van der Waals surface area contributed by atoms with Crippen LogP contribution in [0.4, 0.5) is 0 Å². The summed E-state index contributed by atoms with van der Waals surface area (Å²) in [4.78, 5) is 4.73. The molecule has 1 heterocycles. The third kappa shape index (κ3) is 4.38. The normalized spacial score (nSPS) is 20.3. The van der Waals surface area contributed by atoms with Crippen molar-refractivity contribution < 1.29 is 4.42 Å². The Morgan fingerprint density at radius 2 is 1.90 bits per heavy atom. The number of hydrogen-bond donors (Lipinski definition) is 2. The first kappa shape index (κ1) is 14.2. The summed E-state index contributed by atoms with van der Waals surface area (Å²) in [6, 6.07) is 5.03. The van der Waals surface area contributed by atoms with Crippen LogP contribution < -0.4 is 10.6 Å². The highest BCUT2D eigenvalue weighted by molar-refractivity contribution is 5.80. The molecule has 4 nitrogen and oxygen atoms in total. The van der Waals surface area contributed by atoms with Gasteiger partial charge in [0.1, 0.15) is 5.76 Å². The maximum Gasteiger partial charge on any atom is 0.191 e. The zero-order valence-electron chi connectivity index (χ0n) is 12.6. The molecule has 21 heavy (non-hydrogen) atoms. The Kier molecular flexibility index (Phi) is 4.98. The van der Waals surface area contributed by atoms with Gasteiger partial charge in [0, 0.05) is 25.0 Å². The van der Waals surface area contributed by atoms with Gasteiger partial charge in [-0.1, -0.05) is 25.0 Å². The van der Waals surface area contributed by atoms with E-state index in [-0.39, 0.29) is 0 Å². The molecule has 0 radical (unpaired) electrons. The van der Waals surface area contributed by atoms with Gasteiger partial charge >= 0.3 is 0 Å². The Morgan fingerprint density at radius 1 is 1.14 bits per heavy atom. The van der Waals surface area contributed by atoms with Crippen LogP contribution in [0.15, 0.2) is 40.0 Å². The fourth-order valence-electron chi connectivity index (χ4n) is 3.06. The molecule has 0 aromatic carbocycles. The lowest BCUT2D eigenvalue weighted by Crippen LogP contribution is -2.46. The van der Waals surface area contributed by atoms with Gasteiger partial charge in [-0.3, -0.25) is 4.99 Å². The van der Waals surface area contributed by atoms with E-state index in [1.165, 1.54) is 25.7 Å². The molecule has 4 heteroatoms. The summed E-state index contributed by atoms with van der Waals surface area (Å²) in [6.07, 6.45) is 14.5. The molecule has 1 fully saturated rings. The molecule has 0 amide bonds. The van der Waals surface area contributed by atoms with Crippen molar-refractivity contribution in [2.45, 2.75) is 57.0 Å². The third-order valence-corrected chi connectivity index (χ3v) is 4.25. The lowest BCUT2D eigenvalue weighted by Gasteiger charge is -2.21. The quantitative estimate of drug-likeness (QED) is 0.497. The van der Waals surface area contributed by atoms with Gasteiger partial charge in [-0.15, -0.1) is 0 Å². The Bertz CT molecular complexity index is 458. The third-order valence-electron chi connectivity index (χ3n) is 4.25. The van der Waals surface area contributed by atoms with Crippen molar-refractivity contribution >= 4 is 5.96 Å². The van der Waals surface area contributed by atoms with Crippen molar-refractivity contribution in [3.8, 4) is 0 Å². The average Bonchev–Trinajstić information content (AvgIpc) is 3.22. The van der Waals surface area contributed by atoms with Gasteiger partial charge in [-0.2, -0.15) is 0 Å². The van der Waals surface area contributed by atoms with E-state index < -0.39 is 0 Å². The fraction of sp³-hybridized carbons (Fsp3) is 0.588. The SMILES string of the molecule is C1=CCC(NC(=NCCc2ccco2)NC2CCCC2)C1. The number of nitrogens with one attached hydrogen (secondary N) is 2. The molecule has 0 aliphatic heterocycles. The molecule has 0 saturated heterocycles. The summed E-state index contributed by atoms with van der Waals surface area (Å²) >= 11 is 0. The summed E-state index contributed by atoms with van der Waals surface area (Å²) in [5.74, 6) is 1.98. The first-order valence-corrected chi connectivity index (χ1v) is 8.15. The van der Waals surface area contributed by atoms with E-state index in [2.05, 4.69) is 22.8 Å². The first-order chi connectivity index (χ1) is 10.4. The minimum Gasteiger partial charge on any atom is -0.469 e. The second-order valence-electron chi connectivity index (χ2n) is 5.97. The first-order valence-electron chi connectivity index (χ1n) is 8.15. The van der Waals surface area contributed by atoms with Crippen LogP contribution in [0.1, 0.15) is 44.3 Å². The van der Waals surface area contributed by atoms with Crippen LogP contribution in [0.5, 0.6) is 0 Å². The Labute approximate surface area is 126 Å². The second-order valence-corrected chi connectivity index (χ2v) is 5.97. The van der Waals surface area contributed by atoms with Crippen molar-refractivity contribution in [3.05, 3.63) is 36.3 Å². The summed E-state index contributed by atoms with van der Waals surface area (Å²) in [7, 11) is 0. The Balaban J connectivity index is 1.53. The Morgan fingerprint density at radius 3 is 2.62 bits per heavy atom. The molecular weight excluding hydrogens is 262 g/mol. The molecule has 114 valence electrons. The molecule has 0 atom stereocenters. The van der Waals surface area contributed by atoms with Crippen molar-refractivity contribution in [3.63, 3.8) is 0 Å². The highest BCUT2D eigenvalue weighted by Gasteiger charge is 2.18. The van der Waals surface area contributed by atoms with Gasteiger partial charge in [-0.05, 0) is 37.8 Å². The van der Waals surface area contributed by atoms with E-state index in [9.17, 15) is 0 Å². The van der Waals surface area contributed by atoms with Crippen molar-refractivity contribution in [2.24, 2.45) is 4.99 Å². The van der Waals surface area contributed by atoms with Crippen molar-refractivity contribution in [1.82, 2.24) is 10.6 Å². The lowest BCUT2D eigenvalue weighted by atomic mass is 10.2. The molecule has 1 aromatic rings. The molecule has 2 N–H and O–H groups in total. The summed E-state index contributed by atoms with van der Waals surface area (Å²) in [5.41, 5.74) is 0. The van der Waals surface area contributed by atoms with Crippen molar-refractivity contribution in [2.75, 3.05) is 6.54 Å². The van der Waals surface area contributed by atoms with Crippen LogP contribution >= 0.6 is 0 Å². The molecule has 0 bridgehead atoms. The van der Waals surface area contributed by atoms with Crippen LogP contribution in [0, 0.1) is 0 Å². The maximum atomic E-state index is 5.36. The zero-order valence-corrected chi connectivity index (χ0v) is 12.6. The molecule has 2 aliphatic carbocycles. The average molecular weight is 287 g/mol. The van der Waals surface area contributed by atoms with E-state index >= 15 is 0 Å². The summed E-state index contributed by atoms with van der Waals surface area (Å²) in [5, 5.41) is 7.17. The van der Waals surface area contributed by atoms with E-state index in [0.29, 0.717) is 12.1 Å². The monoisotopic (exact) mass is 287 g/mol. The van der Waals surface area contributed by atoms with Gasteiger partial charge in [0.05, 0.1) is 6.26 Å². The maximum absolute atomic E-state index is 5.36. The van der Waals surface area contributed by atoms with Gasteiger partial charge < -0.3 is 15.1 Å². The predicted molar refractivity (Wildman–Crippen MR) is 85.4 cm³/mol. The number of guanidine groups is 1. The fourth-order valence-corrected chi connectivity index (χ4v) is 3.06. The van der Waals surface area contributed by atoms with Crippen LogP contribution in [0.3, 0.4) is 0 Å². The van der Waals surface area contributed by atoms with Crippen LogP contribution in [0.2, 0.25) is 0 Å². The van der Waals surface area contributed by atoms with Gasteiger partial charge in [0.25, 0.3) is 0 Å². The standard InChI is InChI=1S/C17H25N3O/c1-2-7-14(6-1)19-17(20-15-8-3-4-9-15)18-12-11-16-10-5-13-21-16/h1-2,5,10,13-15H,3-4,6-9,11-12H2,(H2,18,19,20). The highest BCUT2D eigenvalue weighted by atomic mass is 16.3. The van der Waals surface area contributed by atoms with E-state index in [1.54, 1.807) is 6.26 Å². The Hall–Kier alpha value is -1.71. The van der Waals surface area contributed by atoms with E-state index in [0.717, 1.165) is 37.5 Å². The smallest absolute Gasteiger partial charge is 0.191 e. The van der Waals surface area contributed by atoms with Gasteiger partial charge in [0.2, 0.25) is 0 Å². The minimum absolute atomic E-state index is 0.501. The van der Waals surface area contributed by atoms with Crippen LogP contribution in [-0.4, -0.2) is 24.6 Å². The molecule has 2 aliphatic rings. The minimum atomic E-state index is 0.501. The highest BCUT2D eigenvalue weighted by Crippen LogP contribution is 2.17. The van der Waals surface area contributed by atoms with Crippen LogP contribution in [0.25, 0.3) is 0 Å². The summed E-state index contributed by atoms with van der Waals surface area (Å²) < 4.78 is 5.36. The second kappa shape index (κ2) is 7.34. The van der Waals surface area contributed by atoms with E-state index in [1.807, 2.05) is 12.1 Å². The van der Waals surface area contributed by atoms with Gasteiger partial charge in [-0.25, -0.2) is 0 Å². The molecule has 0 spiro atoms. The zero-order chi connectivity index (χ0) is 14.3. The topological polar surface area (TPSA) is 49.6 Å². The molecule has 0 unspecified atom stereocenters. The molecule has 1 aromatic heterocycles. The van der Waals surface area contributed by atoms with Crippen LogP contribution in [-0.2, 0) is 6.42 Å². The number of rotatable bonds is 5. The molecule has 3 rings (SSSR count).